The van der Waals surface area contributed by atoms with Crippen LogP contribution in [0.2, 0.25) is 0 Å². The molecule has 3 aromatic rings. The van der Waals surface area contributed by atoms with E-state index < -0.39 is 0 Å². The third kappa shape index (κ3) is 3.83. The number of nitrogens with one attached hydrogen (secondary N) is 2. The maximum Gasteiger partial charge on any atom is 0.328 e. The molecule has 0 bridgehead atoms. The predicted octanol–water partition coefficient (Wildman–Crippen LogP) is 2.89. The Bertz CT molecular complexity index is 844. The number of carbonyl (C=O) groups excluding carboxylic acids is 1. The molecular formula is C17H15N5O2. The smallest absolute Gasteiger partial charge is 0.315 e. The van der Waals surface area contributed by atoms with Crippen molar-refractivity contribution in [3.63, 3.8) is 0 Å². The molecule has 0 spiro atoms. The number of amides is 1. The first kappa shape index (κ1) is 15.4. The van der Waals surface area contributed by atoms with Gasteiger partial charge in [0.05, 0.1) is 5.69 Å². The van der Waals surface area contributed by atoms with E-state index in [-0.39, 0.29) is 17.7 Å². The highest BCUT2D eigenvalue weighted by atomic mass is 16.5. The zero-order chi connectivity index (χ0) is 16.8. The summed E-state index contributed by atoms with van der Waals surface area (Å²) >= 11 is 0. The van der Waals surface area contributed by atoms with E-state index in [1.165, 1.54) is 6.92 Å². The van der Waals surface area contributed by atoms with Crippen molar-refractivity contribution in [2.24, 2.45) is 5.10 Å². The van der Waals surface area contributed by atoms with E-state index in [1.807, 2.05) is 60.7 Å². The van der Waals surface area contributed by atoms with Crippen molar-refractivity contribution in [1.29, 1.82) is 0 Å². The fourth-order valence-corrected chi connectivity index (χ4v) is 1.99. The molecule has 0 saturated carbocycles. The summed E-state index contributed by atoms with van der Waals surface area (Å²) in [6, 6.07) is 19.0. The first-order chi connectivity index (χ1) is 11.7. The zero-order valence-corrected chi connectivity index (χ0v) is 12.9. The van der Waals surface area contributed by atoms with Crippen molar-refractivity contribution in [3.05, 3.63) is 72.1 Å². The molecule has 120 valence electrons. The van der Waals surface area contributed by atoms with Crippen molar-refractivity contribution >= 4 is 23.3 Å². The van der Waals surface area contributed by atoms with Gasteiger partial charge >= 0.3 is 6.01 Å². The number of hydrogen-bond donors (Lipinski definition) is 2. The number of rotatable bonds is 5. The zero-order valence-electron chi connectivity index (χ0n) is 12.9. The maximum absolute atomic E-state index is 11.1. The molecule has 1 amide bonds. The summed E-state index contributed by atoms with van der Waals surface area (Å²) in [6.07, 6.45) is 0. The van der Waals surface area contributed by atoms with Crippen molar-refractivity contribution in [2.45, 2.75) is 6.92 Å². The lowest BCUT2D eigenvalue weighted by molar-refractivity contribution is -0.114. The molecule has 0 fully saturated rings. The molecule has 1 aromatic heterocycles. The van der Waals surface area contributed by atoms with E-state index in [2.05, 4.69) is 26.0 Å². The average molecular weight is 321 g/mol. The second-order valence-corrected chi connectivity index (χ2v) is 4.91. The molecule has 7 heteroatoms. The highest BCUT2D eigenvalue weighted by Gasteiger charge is 2.15. The van der Waals surface area contributed by atoms with Crippen LogP contribution in [-0.2, 0) is 4.79 Å². The second kappa shape index (κ2) is 7.19. The van der Waals surface area contributed by atoms with Crippen LogP contribution in [0.15, 0.2) is 70.3 Å². The van der Waals surface area contributed by atoms with Crippen LogP contribution in [0.3, 0.4) is 0 Å². The quantitative estimate of drug-likeness (QED) is 0.557. The minimum absolute atomic E-state index is 0.0286. The second-order valence-electron chi connectivity index (χ2n) is 4.91. The van der Waals surface area contributed by atoms with Crippen LogP contribution < -0.4 is 10.7 Å². The number of anilines is 2. The lowest BCUT2D eigenvalue weighted by atomic mass is 10.1. The minimum atomic E-state index is -0.286. The van der Waals surface area contributed by atoms with Gasteiger partial charge in [0, 0.05) is 12.5 Å². The number of benzene rings is 2. The molecule has 0 saturated heterocycles. The lowest BCUT2D eigenvalue weighted by Crippen LogP contribution is -2.10. The summed E-state index contributed by atoms with van der Waals surface area (Å²) in [7, 11) is 0. The van der Waals surface area contributed by atoms with Gasteiger partial charge in [-0.15, -0.1) is 0 Å². The Labute approximate surface area is 138 Å². The fourth-order valence-electron chi connectivity index (χ4n) is 1.99. The minimum Gasteiger partial charge on any atom is -0.315 e. The van der Waals surface area contributed by atoms with E-state index >= 15 is 0 Å². The van der Waals surface area contributed by atoms with Crippen molar-refractivity contribution in [1.82, 2.24) is 10.1 Å². The Morgan fingerprint density at radius 3 is 2.38 bits per heavy atom. The normalized spacial score (nSPS) is 11.1. The van der Waals surface area contributed by atoms with E-state index in [9.17, 15) is 4.79 Å². The van der Waals surface area contributed by atoms with Crippen LogP contribution in [0.4, 0.5) is 11.7 Å². The van der Waals surface area contributed by atoms with Gasteiger partial charge in [-0.25, -0.2) is 0 Å². The number of hydrogen-bond acceptors (Lipinski definition) is 6. The predicted molar refractivity (Wildman–Crippen MR) is 90.7 cm³/mol. The first-order valence-corrected chi connectivity index (χ1v) is 7.28. The number of nitrogens with zero attached hydrogens (tertiary/aromatic N) is 3. The molecule has 0 radical (unpaired) electrons. The van der Waals surface area contributed by atoms with Gasteiger partial charge in [0.1, 0.15) is 5.71 Å². The largest absolute Gasteiger partial charge is 0.328 e. The Hall–Kier alpha value is -3.48. The van der Waals surface area contributed by atoms with Gasteiger partial charge in [-0.1, -0.05) is 53.7 Å². The molecule has 0 unspecified atom stereocenters. The van der Waals surface area contributed by atoms with Crippen molar-refractivity contribution < 1.29 is 9.32 Å². The number of carbonyl (C=O) groups is 1. The topological polar surface area (TPSA) is 92.4 Å². The SMILES string of the molecule is CC(=O)Nc1nc(/C(=N\Nc2ccccc2)c2ccccc2)no1. The molecule has 2 N–H and O–H groups in total. The molecule has 3 rings (SSSR count). The Morgan fingerprint density at radius 2 is 1.71 bits per heavy atom. The Balaban J connectivity index is 1.93. The number of para-hydroxylation sites is 1. The average Bonchev–Trinajstić information content (AvgIpc) is 3.04. The Kier molecular flexibility index (Phi) is 4.62. The van der Waals surface area contributed by atoms with Gasteiger partial charge in [-0.2, -0.15) is 10.1 Å². The van der Waals surface area contributed by atoms with E-state index in [0.717, 1.165) is 11.3 Å². The van der Waals surface area contributed by atoms with Gasteiger partial charge in [0.15, 0.2) is 0 Å². The standard InChI is InChI=1S/C17H15N5O2/c1-12(23)18-17-19-16(22-24-17)15(13-8-4-2-5-9-13)21-20-14-10-6-3-7-11-14/h2-11,20H,1H3,(H,18,19,22,23)/b21-15-. The third-order valence-corrected chi connectivity index (χ3v) is 3.04. The van der Waals surface area contributed by atoms with Crippen LogP contribution in [0.1, 0.15) is 18.3 Å². The molecule has 24 heavy (non-hydrogen) atoms. The molecule has 0 aliphatic rings. The highest BCUT2D eigenvalue weighted by molar-refractivity contribution is 6.11. The monoisotopic (exact) mass is 321 g/mol. The number of hydrazone groups is 1. The summed E-state index contributed by atoms with van der Waals surface area (Å²) in [6.45, 7) is 1.37. The summed E-state index contributed by atoms with van der Waals surface area (Å²) in [4.78, 5) is 15.3. The molecular weight excluding hydrogens is 306 g/mol. The summed E-state index contributed by atoms with van der Waals surface area (Å²) in [5.41, 5.74) is 5.12. The van der Waals surface area contributed by atoms with E-state index in [1.54, 1.807) is 0 Å². The van der Waals surface area contributed by atoms with E-state index in [0.29, 0.717) is 5.71 Å². The maximum atomic E-state index is 11.1. The van der Waals surface area contributed by atoms with Gasteiger partial charge in [-0.3, -0.25) is 15.5 Å². The highest BCUT2D eigenvalue weighted by Crippen LogP contribution is 2.12. The number of aromatic nitrogens is 2. The Morgan fingerprint density at radius 1 is 1.04 bits per heavy atom. The molecule has 1 heterocycles. The third-order valence-electron chi connectivity index (χ3n) is 3.04. The van der Waals surface area contributed by atoms with Gasteiger partial charge in [-0.05, 0) is 12.1 Å². The van der Waals surface area contributed by atoms with Crippen LogP contribution in [0, 0.1) is 0 Å². The van der Waals surface area contributed by atoms with Crippen LogP contribution in [-0.4, -0.2) is 21.8 Å². The van der Waals surface area contributed by atoms with Crippen molar-refractivity contribution in [3.8, 4) is 0 Å². The van der Waals surface area contributed by atoms with E-state index in [4.69, 9.17) is 4.52 Å². The van der Waals surface area contributed by atoms with Crippen LogP contribution in [0.25, 0.3) is 0 Å². The molecule has 0 aliphatic carbocycles. The molecule has 0 atom stereocenters. The summed E-state index contributed by atoms with van der Waals surface area (Å²) in [5.74, 6) is -0.0146. The van der Waals surface area contributed by atoms with Crippen molar-refractivity contribution in [2.75, 3.05) is 10.7 Å². The fraction of sp³-hybridized carbons (Fsp3) is 0.0588. The summed E-state index contributed by atoms with van der Waals surface area (Å²) in [5, 5.41) is 10.7. The molecule has 2 aromatic carbocycles. The molecule has 0 aliphatic heterocycles. The van der Waals surface area contributed by atoms with Crippen LogP contribution >= 0.6 is 0 Å². The van der Waals surface area contributed by atoms with Gasteiger partial charge in [0.25, 0.3) is 0 Å². The lowest BCUT2D eigenvalue weighted by Gasteiger charge is -2.04. The first-order valence-electron chi connectivity index (χ1n) is 7.28. The van der Waals surface area contributed by atoms with Crippen LogP contribution in [0.5, 0.6) is 0 Å². The van der Waals surface area contributed by atoms with Gasteiger partial charge in [0.2, 0.25) is 11.7 Å². The molecule has 7 nitrogen and oxygen atoms in total. The van der Waals surface area contributed by atoms with Gasteiger partial charge < -0.3 is 4.52 Å². The summed E-state index contributed by atoms with van der Waals surface area (Å²) < 4.78 is 5.03.